The maximum atomic E-state index is 12.4. The van der Waals surface area contributed by atoms with Gasteiger partial charge in [-0.25, -0.2) is 0 Å². The topological polar surface area (TPSA) is 73.2 Å². The molecule has 0 aromatic carbocycles. The van der Waals surface area contributed by atoms with Crippen LogP contribution in [0.5, 0.6) is 0 Å². The minimum atomic E-state index is -3.52. The Labute approximate surface area is 122 Å². The number of hydrogen-bond acceptors (Lipinski definition) is 3. The van der Waals surface area contributed by atoms with Gasteiger partial charge < -0.3 is 0 Å². The first-order chi connectivity index (χ1) is 9.53. The van der Waals surface area contributed by atoms with E-state index in [4.69, 9.17) is 0 Å². The summed E-state index contributed by atoms with van der Waals surface area (Å²) in [6.07, 6.45) is 7.30. The summed E-state index contributed by atoms with van der Waals surface area (Å²) < 4.78 is 29.0. The van der Waals surface area contributed by atoms with E-state index >= 15 is 0 Å². The first-order valence-electron chi connectivity index (χ1n) is 7.70. The smallest absolute Gasteiger partial charge is 0.197 e. The molecule has 2 unspecified atom stereocenters. The van der Waals surface area contributed by atoms with Crippen LogP contribution in [0.15, 0.2) is 0 Å². The number of rotatable bonds is 4. The van der Waals surface area contributed by atoms with Crippen LogP contribution in [-0.2, 0) is 10.2 Å². The van der Waals surface area contributed by atoms with E-state index in [1.54, 1.807) is 0 Å². The van der Waals surface area contributed by atoms with E-state index in [1.165, 1.54) is 10.7 Å². The third-order valence-electron chi connectivity index (χ3n) is 4.50. The fourth-order valence-corrected chi connectivity index (χ4v) is 4.83. The van der Waals surface area contributed by atoms with Gasteiger partial charge in [0.1, 0.15) is 6.04 Å². The second kappa shape index (κ2) is 6.88. The number of hydrogen-bond donors (Lipinski definition) is 1. The molecule has 1 heterocycles. The van der Waals surface area contributed by atoms with Crippen LogP contribution in [0.4, 0.5) is 0 Å². The first kappa shape index (κ1) is 15.7. The predicted molar refractivity (Wildman–Crippen MR) is 78.0 cm³/mol. The molecule has 20 heavy (non-hydrogen) atoms. The van der Waals surface area contributed by atoms with E-state index < -0.39 is 16.3 Å². The predicted octanol–water partition coefficient (Wildman–Crippen LogP) is 2.03. The van der Waals surface area contributed by atoms with E-state index in [-0.39, 0.29) is 5.92 Å². The van der Waals surface area contributed by atoms with Crippen LogP contribution >= 0.6 is 0 Å². The first-order valence-corrected chi connectivity index (χ1v) is 9.14. The summed E-state index contributed by atoms with van der Waals surface area (Å²) in [7, 11) is -3.52. The summed E-state index contributed by atoms with van der Waals surface area (Å²) >= 11 is 0. The minimum Gasteiger partial charge on any atom is -0.197 e. The molecule has 1 saturated heterocycles. The average Bonchev–Trinajstić information content (AvgIpc) is 2.46. The summed E-state index contributed by atoms with van der Waals surface area (Å²) in [6.45, 7) is 3.21. The Morgan fingerprint density at radius 2 is 1.90 bits per heavy atom. The molecule has 0 radical (unpaired) electrons. The molecule has 0 aromatic heterocycles. The molecule has 1 saturated carbocycles. The largest absolute Gasteiger partial charge is 0.280 e. The highest BCUT2D eigenvalue weighted by Crippen LogP contribution is 2.27. The lowest BCUT2D eigenvalue weighted by molar-refractivity contribution is 0.270. The molecular weight excluding hydrogens is 274 g/mol. The fourth-order valence-electron chi connectivity index (χ4n) is 3.30. The van der Waals surface area contributed by atoms with Crippen molar-refractivity contribution in [1.82, 2.24) is 9.03 Å². The molecule has 0 spiro atoms. The average molecular weight is 299 g/mol. The third kappa shape index (κ3) is 3.94. The van der Waals surface area contributed by atoms with E-state index in [0.29, 0.717) is 19.0 Å². The molecule has 5 nitrogen and oxygen atoms in total. The van der Waals surface area contributed by atoms with Crippen LogP contribution in [0.1, 0.15) is 51.9 Å². The quantitative estimate of drug-likeness (QED) is 0.863. The molecular formula is C14H25N3O2S. The van der Waals surface area contributed by atoms with Crippen molar-refractivity contribution in [3.63, 3.8) is 0 Å². The molecule has 0 bridgehead atoms. The maximum Gasteiger partial charge on any atom is 0.280 e. The van der Waals surface area contributed by atoms with Crippen LogP contribution in [0.3, 0.4) is 0 Å². The van der Waals surface area contributed by atoms with Crippen LogP contribution in [0.25, 0.3) is 0 Å². The third-order valence-corrected chi connectivity index (χ3v) is 6.06. The van der Waals surface area contributed by atoms with Crippen LogP contribution < -0.4 is 4.72 Å². The van der Waals surface area contributed by atoms with Gasteiger partial charge in [0, 0.05) is 13.1 Å². The van der Waals surface area contributed by atoms with Crippen LogP contribution in [0.2, 0.25) is 0 Å². The highest BCUT2D eigenvalue weighted by Gasteiger charge is 2.32. The van der Waals surface area contributed by atoms with Crippen molar-refractivity contribution >= 4 is 10.2 Å². The molecule has 114 valence electrons. The van der Waals surface area contributed by atoms with Gasteiger partial charge >= 0.3 is 0 Å². The summed E-state index contributed by atoms with van der Waals surface area (Å²) in [5, 5.41) is 9.30. The number of nitrogens with one attached hydrogen (secondary N) is 1. The lowest BCUT2D eigenvalue weighted by Crippen LogP contribution is -2.50. The Bertz CT molecular complexity index is 452. The molecule has 2 fully saturated rings. The molecule has 2 aliphatic rings. The fraction of sp³-hybridized carbons (Fsp3) is 0.929. The Morgan fingerprint density at radius 3 is 2.50 bits per heavy atom. The van der Waals surface area contributed by atoms with E-state index in [0.717, 1.165) is 38.5 Å². The molecule has 2 rings (SSSR count). The molecule has 6 heteroatoms. The zero-order valence-electron chi connectivity index (χ0n) is 12.2. The standard InChI is InChI=1S/C14H25N3O2S/c1-12-6-5-9-17(11-12)20(18,19)16-14(10-15)13-7-3-2-4-8-13/h12-14,16H,2-9,11H2,1H3. The second-order valence-corrected chi connectivity index (χ2v) is 7.94. The normalized spacial score (nSPS) is 27.9. The van der Waals surface area contributed by atoms with Crippen molar-refractivity contribution in [2.75, 3.05) is 13.1 Å². The van der Waals surface area contributed by atoms with Gasteiger partial charge in [-0.2, -0.15) is 22.7 Å². The monoisotopic (exact) mass is 299 g/mol. The summed E-state index contributed by atoms with van der Waals surface area (Å²) in [4.78, 5) is 0. The Morgan fingerprint density at radius 1 is 1.20 bits per heavy atom. The zero-order chi connectivity index (χ0) is 14.6. The molecule has 0 amide bonds. The molecule has 0 aromatic rings. The van der Waals surface area contributed by atoms with Crippen molar-refractivity contribution in [2.24, 2.45) is 11.8 Å². The van der Waals surface area contributed by atoms with Gasteiger partial charge in [0.25, 0.3) is 10.2 Å². The van der Waals surface area contributed by atoms with Gasteiger partial charge in [-0.05, 0) is 37.5 Å². The highest BCUT2D eigenvalue weighted by molar-refractivity contribution is 7.87. The summed E-state index contributed by atoms with van der Waals surface area (Å²) in [5.41, 5.74) is 0. The minimum absolute atomic E-state index is 0.172. The van der Waals surface area contributed by atoms with Gasteiger partial charge in [0.2, 0.25) is 0 Å². The van der Waals surface area contributed by atoms with Crippen molar-refractivity contribution in [2.45, 2.75) is 57.9 Å². The van der Waals surface area contributed by atoms with Crippen molar-refractivity contribution in [3.8, 4) is 6.07 Å². The van der Waals surface area contributed by atoms with Gasteiger partial charge in [0.15, 0.2) is 0 Å². The summed E-state index contributed by atoms with van der Waals surface area (Å²) in [6, 6.07) is 1.59. The lowest BCUT2D eigenvalue weighted by Gasteiger charge is -2.32. The van der Waals surface area contributed by atoms with Crippen LogP contribution in [0, 0.1) is 23.2 Å². The van der Waals surface area contributed by atoms with Gasteiger partial charge in [0.05, 0.1) is 6.07 Å². The van der Waals surface area contributed by atoms with E-state index in [2.05, 4.69) is 17.7 Å². The number of piperidine rings is 1. The van der Waals surface area contributed by atoms with E-state index in [9.17, 15) is 13.7 Å². The second-order valence-electron chi connectivity index (χ2n) is 6.23. The summed E-state index contributed by atoms with van der Waals surface area (Å²) in [5.74, 6) is 0.571. The molecule has 1 aliphatic carbocycles. The van der Waals surface area contributed by atoms with Crippen LogP contribution in [-0.4, -0.2) is 31.9 Å². The SMILES string of the molecule is CC1CCCN(S(=O)(=O)NC(C#N)C2CCCCC2)C1. The Hall–Kier alpha value is -0.640. The maximum absolute atomic E-state index is 12.4. The molecule has 1 aliphatic heterocycles. The van der Waals surface area contributed by atoms with Crippen molar-refractivity contribution in [3.05, 3.63) is 0 Å². The lowest BCUT2D eigenvalue weighted by atomic mass is 9.85. The Kier molecular flexibility index (Phi) is 5.42. The number of nitrogens with zero attached hydrogens (tertiary/aromatic N) is 2. The number of nitriles is 1. The van der Waals surface area contributed by atoms with E-state index in [1.807, 2.05) is 0 Å². The van der Waals surface area contributed by atoms with Gasteiger partial charge in [-0.3, -0.25) is 0 Å². The molecule has 1 N–H and O–H groups in total. The highest BCUT2D eigenvalue weighted by atomic mass is 32.2. The van der Waals surface area contributed by atoms with Crippen molar-refractivity contribution < 1.29 is 8.42 Å². The van der Waals surface area contributed by atoms with Gasteiger partial charge in [-0.15, -0.1) is 0 Å². The zero-order valence-corrected chi connectivity index (χ0v) is 13.0. The molecule has 2 atom stereocenters. The van der Waals surface area contributed by atoms with Gasteiger partial charge in [-0.1, -0.05) is 26.2 Å². The Balaban J connectivity index is 2.00. The van der Waals surface area contributed by atoms with Crippen molar-refractivity contribution in [1.29, 1.82) is 5.26 Å².